The summed E-state index contributed by atoms with van der Waals surface area (Å²) in [5.74, 6) is -0.872. The van der Waals surface area contributed by atoms with Gasteiger partial charge in [-0.25, -0.2) is 4.79 Å². The van der Waals surface area contributed by atoms with Crippen LogP contribution >= 0.6 is 0 Å². The molecule has 104 valence electrons. The van der Waals surface area contributed by atoms with Crippen molar-refractivity contribution in [3.8, 4) is 0 Å². The summed E-state index contributed by atoms with van der Waals surface area (Å²) in [5.41, 5.74) is 2.49. The number of ether oxygens (including phenoxy) is 1. The van der Waals surface area contributed by atoms with Crippen LogP contribution in [0.3, 0.4) is 0 Å². The second kappa shape index (κ2) is 6.17. The molecule has 1 aromatic carbocycles. The van der Waals surface area contributed by atoms with Crippen molar-refractivity contribution in [3.63, 3.8) is 0 Å². The van der Waals surface area contributed by atoms with Gasteiger partial charge in [0, 0.05) is 19.1 Å². The maximum absolute atomic E-state index is 11.0. The van der Waals surface area contributed by atoms with Crippen LogP contribution in [0.1, 0.15) is 30.5 Å². The number of carbonyl (C=O) groups is 1. The SMILES string of the molecule is CCC(c1ccc(C)cc1)N1CCOC(C(=O)O)C1. The fourth-order valence-corrected chi connectivity index (χ4v) is 2.59. The number of rotatable bonds is 4. The summed E-state index contributed by atoms with van der Waals surface area (Å²) in [6, 6.07) is 8.75. The minimum absolute atomic E-state index is 0.270. The quantitative estimate of drug-likeness (QED) is 0.905. The summed E-state index contributed by atoms with van der Waals surface area (Å²) < 4.78 is 5.28. The van der Waals surface area contributed by atoms with E-state index in [0.717, 1.165) is 13.0 Å². The van der Waals surface area contributed by atoms with Crippen molar-refractivity contribution in [2.24, 2.45) is 0 Å². The van der Waals surface area contributed by atoms with Crippen LogP contribution in [0.4, 0.5) is 0 Å². The van der Waals surface area contributed by atoms with Crippen LogP contribution in [0.2, 0.25) is 0 Å². The van der Waals surface area contributed by atoms with Gasteiger partial charge in [0.1, 0.15) is 0 Å². The van der Waals surface area contributed by atoms with Gasteiger partial charge in [-0.3, -0.25) is 4.90 Å². The molecule has 19 heavy (non-hydrogen) atoms. The number of aryl methyl sites for hydroxylation is 1. The van der Waals surface area contributed by atoms with Gasteiger partial charge in [0.15, 0.2) is 6.10 Å². The molecule has 1 N–H and O–H groups in total. The summed E-state index contributed by atoms with van der Waals surface area (Å²) in [6.45, 7) is 5.94. The van der Waals surface area contributed by atoms with Crippen LogP contribution in [0.25, 0.3) is 0 Å². The van der Waals surface area contributed by atoms with E-state index in [0.29, 0.717) is 13.2 Å². The molecule has 0 saturated carbocycles. The van der Waals surface area contributed by atoms with E-state index in [-0.39, 0.29) is 6.04 Å². The largest absolute Gasteiger partial charge is 0.479 e. The minimum atomic E-state index is -0.872. The maximum Gasteiger partial charge on any atom is 0.334 e. The number of carboxylic acids is 1. The molecule has 1 heterocycles. The molecule has 4 nitrogen and oxygen atoms in total. The Morgan fingerprint density at radius 3 is 2.74 bits per heavy atom. The lowest BCUT2D eigenvalue weighted by atomic mass is 10.0. The lowest BCUT2D eigenvalue weighted by molar-refractivity contribution is -0.157. The maximum atomic E-state index is 11.0. The summed E-state index contributed by atoms with van der Waals surface area (Å²) in [5, 5.41) is 9.07. The zero-order valence-corrected chi connectivity index (χ0v) is 11.5. The zero-order chi connectivity index (χ0) is 13.8. The smallest absolute Gasteiger partial charge is 0.334 e. The van der Waals surface area contributed by atoms with Crippen molar-refractivity contribution < 1.29 is 14.6 Å². The van der Waals surface area contributed by atoms with Crippen LogP contribution in [0.15, 0.2) is 24.3 Å². The van der Waals surface area contributed by atoms with Gasteiger partial charge in [0.05, 0.1) is 6.61 Å². The van der Waals surface area contributed by atoms with Gasteiger partial charge in [0.25, 0.3) is 0 Å². The minimum Gasteiger partial charge on any atom is -0.479 e. The van der Waals surface area contributed by atoms with Crippen molar-refractivity contribution in [2.75, 3.05) is 19.7 Å². The van der Waals surface area contributed by atoms with E-state index in [1.54, 1.807) is 0 Å². The van der Waals surface area contributed by atoms with E-state index in [1.165, 1.54) is 11.1 Å². The second-order valence-corrected chi connectivity index (χ2v) is 5.03. The Hall–Kier alpha value is -1.39. The van der Waals surface area contributed by atoms with E-state index >= 15 is 0 Å². The number of morpholine rings is 1. The average molecular weight is 263 g/mol. The molecule has 1 saturated heterocycles. The molecule has 0 radical (unpaired) electrons. The third-order valence-electron chi connectivity index (χ3n) is 3.66. The highest BCUT2D eigenvalue weighted by atomic mass is 16.5. The Labute approximate surface area is 114 Å². The van der Waals surface area contributed by atoms with Crippen LogP contribution in [0.5, 0.6) is 0 Å². The lowest BCUT2D eigenvalue weighted by Gasteiger charge is -2.36. The molecule has 0 aliphatic carbocycles. The van der Waals surface area contributed by atoms with Crippen LogP contribution in [-0.4, -0.2) is 41.8 Å². The Bertz CT molecular complexity index is 430. The monoisotopic (exact) mass is 263 g/mol. The number of benzene rings is 1. The summed E-state index contributed by atoms with van der Waals surface area (Å²) in [7, 11) is 0. The highest BCUT2D eigenvalue weighted by Crippen LogP contribution is 2.26. The van der Waals surface area contributed by atoms with Crippen molar-refractivity contribution in [1.82, 2.24) is 4.90 Å². The standard InChI is InChI=1S/C15H21NO3/c1-3-13(12-6-4-11(2)5-7-12)16-8-9-19-14(10-16)15(17)18/h4-7,13-14H,3,8-10H2,1-2H3,(H,17,18). The van der Waals surface area contributed by atoms with E-state index < -0.39 is 12.1 Å². The molecular weight excluding hydrogens is 242 g/mol. The topological polar surface area (TPSA) is 49.8 Å². The molecule has 1 aliphatic rings. The Morgan fingerprint density at radius 1 is 1.47 bits per heavy atom. The van der Waals surface area contributed by atoms with Gasteiger partial charge < -0.3 is 9.84 Å². The predicted octanol–water partition coefficient (Wildman–Crippen LogP) is 2.23. The van der Waals surface area contributed by atoms with Gasteiger partial charge in [-0.05, 0) is 18.9 Å². The lowest BCUT2D eigenvalue weighted by Crippen LogP contribution is -2.47. The normalized spacial score (nSPS) is 22.1. The van der Waals surface area contributed by atoms with Crippen LogP contribution < -0.4 is 0 Å². The first-order valence-electron chi connectivity index (χ1n) is 6.77. The van der Waals surface area contributed by atoms with Gasteiger partial charge >= 0.3 is 5.97 Å². The fourth-order valence-electron chi connectivity index (χ4n) is 2.59. The first kappa shape index (κ1) is 14.0. The first-order valence-corrected chi connectivity index (χ1v) is 6.77. The molecule has 0 bridgehead atoms. The number of aliphatic carboxylic acids is 1. The van der Waals surface area contributed by atoms with E-state index in [1.807, 2.05) is 0 Å². The molecule has 0 aromatic heterocycles. The van der Waals surface area contributed by atoms with Crippen molar-refractivity contribution >= 4 is 5.97 Å². The predicted molar refractivity (Wildman–Crippen MR) is 73.2 cm³/mol. The Balaban J connectivity index is 2.12. The fraction of sp³-hybridized carbons (Fsp3) is 0.533. The van der Waals surface area contributed by atoms with Gasteiger partial charge in [-0.15, -0.1) is 0 Å². The van der Waals surface area contributed by atoms with E-state index in [4.69, 9.17) is 9.84 Å². The molecule has 1 aliphatic heterocycles. The number of hydrogen-bond acceptors (Lipinski definition) is 3. The number of carboxylic acid groups (broad SMARTS) is 1. The molecule has 0 amide bonds. The van der Waals surface area contributed by atoms with Crippen LogP contribution in [-0.2, 0) is 9.53 Å². The highest BCUT2D eigenvalue weighted by molar-refractivity contribution is 5.72. The summed E-state index contributed by atoms with van der Waals surface area (Å²) in [6.07, 6.45) is 0.267. The van der Waals surface area contributed by atoms with Gasteiger partial charge in [-0.1, -0.05) is 36.8 Å². The first-order chi connectivity index (χ1) is 9.11. The third kappa shape index (κ3) is 3.33. The van der Waals surface area contributed by atoms with Gasteiger partial charge in [-0.2, -0.15) is 0 Å². The molecule has 0 spiro atoms. The van der Waals surface area contributed by atoms with Gasteiger partial charge in [0.2, 0.25) is 0 Å². The van der Waals surface area contributed by atoms with Crippen molar-refractivity contribution in [2.45, 2.75) is 32.4 Å². The van der Waals surface area contributed by atoms with E-state index in [9.17, 15) is 4.79 Å². The summed E-state index contributed by atoms with van der Waals surface area (Å²) >= 11 is 0. The second-order valence-electron chi connectivity index (χ2n) is 5.03. The molecular formula is C15H21NO3. The molecule has 1 aromatic rings. The number of nitrogens with zero attached hydrogens (tertiary/aromatic N) is 1. The Morgan fingerprint density at radius 2 is 2.16 bits per heavy atom. The molecule has 4 heteroatoms. The number of hydrogen-bond donors (Lipinski definition) is 1. The molecule has 2 atom stereocenters. The third-order valence-corrected chi connectivity index (χ3v) is 3.66. The Kier molecular flexibility index (Phi) is 4.56. The highest BCUT2D eigenvalue weighted by Gasteiger charge is 2.30. The average Bonchev–Trinajstić information content (AvgIpc) is 2.42. The van der Waals surface area contributed by atoms with Crippen molar-refractivity contribution in [3.05, 3.63) is 35.4 Å². The molecule has 2 unspecified atom stereocenters. The van der Waals surface area contributed by atoms with E-state index in [2.05, 4.69) is 43.0 Å². The molecule has 1 fully saturated rings. The zero-order valence-electron chi connectivity index (χ0n) is 11.5. The van der Waals surface area contributed by atoms with Crippen molar-refractivity contribution in [1.29, 1.82) is 0 Å². The van der Waals surface area contributed by atoms with Crippen LogP contribution in [0, 0.1) is 6.92 Å². The summed E-state index contributed by atoms with van der Waals surface area (Å²) in [4.78, 5) is 13.3. The molecule has 2 rings (SSSR count).